The number of aromatic nitrogens is 1. The van der Waals surface area contributed by atoms with Crippen LogP contribution in [0.15, 0.2) is 42.7 Å². The Hall–Kier alpha value is -1.87. The second kappa shape index (κ2) is 5.41. The number of fused-ring (bicyclic) bond motifs is 1. The van der Waals surface area contributed by atoms with Crippen molar-refractivity contribution in [2.75, 3.05) is 6.61 Å². The summed E-state index contributed by atoms with van der Waals surface area (Å²) >= 11 is 0. The number of nitrogens with one attached hydrogen (secondary N) is 1. The van der Waals surface area contributed by atoms with Gasteiger partial charge in [-0.05, 0) is 41.8 Å². The van der Waals surface area contributed by atoms with Gasteiger partial charge < -0.3 is 10.1 Å². The van der Waals surface area contributed by atoms with Crippen molar-refractivity contribution in [2.24, 2.45) is 0 Å². The molecule has 3 heteroatoms. The Bertz CT molecular complexity index is 554. The second-order valence-corrected chi connectivity index (χ2v) is 4.92. The average Bonchev–Trinajstić information content (AvgIpc) is 2.93. The maximum absolute atomic E-state index is 5.54. The Labute approximate surface area is 113 Å². The fraction of sp³-hybridized carbons (Fsp3) is 0.312. The zero-order valence-corrected chi connectivity index (χ0v) is 11.1. The third-order valence-corrected chi connectivity index (χ3v) is 3.58. The fourth-order valence-corrected chi connectivity index (χ4v) is 2.37. The van der Waals surface area contributed by atoms with Gasteiger partial charge in [0.05, 0.1) is 6.61 Å². The predicted octanol–water partition coefficient (Wildman–Crippen LogP) is 2.87. The molecule has 1 aliphatic heterocycles. The van der Waals surface area contributed by atoms with Crippen LogP contribution >= 0.6 is 0 Å². The molecule has 0 radical (unpaired) electrons. The molecule has 0 bridgehead atoms. The van der Waals surface area contributed by atoms with Gasteiger partial charge in [0.25, 0.3) is 0 Å². The molecule has 0 saturated heterocycles. The fourth-order valence-electron chi connectivity index (χ4n) is 2.37. The summed E-state index contributed by atoms with van der Waals surface area (Å²) in [5.74, 6) is 1.05. The van der Waals surface area contributed by atoms with E-state index in [-0.39, 0.29) is 0 Å². The number of rotatable bonds is 4. The normalized spacial score (nSPS) is 14.8. The maximum Gasteiger partial charge on any atom is 0.122 e. The summed E-state index contributed by atoms with van der Waals surface area (Å²) in [4.78, 5) is 4.03. The molecule has 1 N–H and O–H groups in total. The van der Waals surface area contributed by atoms with E-state index in [1.165, 1.54) is 16.7 Å². The van der Waals surface area contributed by atoms with Gasteiger partial charge in [-0.25, -0.2) is 0 Å². The predicted molar refractivity (Wildman–Crippen MR) is 75.1 cm³/mol. The maximum atomic E-state index is 5.54. The molecule has 1 aromatic carbocycles. The summed E-state index contributed by atoms with van der Waals surface area (Å²) in [7, 11) is 0. The molecule has 0 aliphatic carbocycles. The summed E-state index contributed by atoms with van der Waals surface area (Å²) in [6.07, 6.45) is 4.68. The summed E-state index contributed by atoms with van der Waals surface area (Å²) in [6.45, 7) is 3.87. The number of nitrogens with zero attached hydrogens (tertiary/aromatic N) is 1. The zero-order chi connectivity index (χ0) is 13.1. The molecular formula is C16H18N2O. The molecule has 1 aromatic heterocycles. The van der Waals surface area contributed by atoms with Crippen molar-refractivity contribution >= 4 is 0 Å². The highest BCUT2D eigenvalue weighted by atomic mass is 16.5. The molecule has 2 aromatic rings. The van der Waals surface area contributed by atoms with Gasteiger partial charge >= 0.3 is 0 Å². The van der Waals surface area contributed by atoms with Crippen molar-refractivity contribution in [1.29, 1.82) is 0 Å². The SMILES string of the molecule is CC(NCc1ccncc1)c1ccc2c(c1)CCO2. The standard InChI is InChI=1S/C16H18N2O/c1-12(18-11-13-4-7-17-8-5-13)14-2-3-16-15(10-14)6-9-19-16/h2-5,7-8,10,12,18H,6,9,11H2,1H3. The van der Waals surface area contributed by atoms with Gasteiger partial charge in [0.1, 0.15) is 5.75 Å². The summed E-state index contributed by atoms with van der Waals surface area (Å²) < 4.78 is 5.54. The van der Waals surface area contributed by atoms with E-state index in [1.54, 1.807) is 0 Å². The Kier molecular flexibility index (Phi) is 3.47. The van der Waals surface area contributed by atoms with Crippen LogP contribution in [0.1, 0.15) is 29.7 Å². The number of pyridine rings is 1. The van der Waals surface area contributed by atoms with Crippen molar-refractivity contribution in [1.82, 2.24) is 10.3 Å². The molecule has 1 unspecified atom stereocenters. The van der Waals surface area contributed by atoms with Gasteiger partial charge in [-0.3, -0.25) is 4.98 Å². The van der Waals surface area contributed by atoms with Crippen LogP contribution in [0.25, 0.3) is 0 Å². The van der Waals surface area contributed by atoms with Gasteiger partial charge in [0.15, 0.2) is 0 Å². The Balaban J connectivity index is 1.65. The molecular weight excluding hydrogens is 236 g/mol. The third kappa shape index (κ3) is 2.76. The average molecular weight is 254 g/mol. The number of hydrogen-bond acceptors (Lipinski definition) is 3. The van der Waals surface area contributed by atoms with Crippen LogP contribution in [-0.2, 0) is 13.0 Å². The third-order valence-electron chi connectivity index (χ3n) is 3.58. The van der Waals surface area contributed by atoms with E-state index in [0.29, 0.717) is 6.04 Å². The molecule has 1 aliphatic rings. The first-order valence-corrected chi connectivity index (χ1v) is 6.71. The summed E-state index contributed by atoms with van der Waals surface area (Å²) in [5, 5.41) is 3.54. The number of benzene rings is 1. The van der Waals surface area contributed by atoms with Gasteiger partial charge in [-0.2, -0.15) is 0 Å². The van der Waals surface area contributed by atoms with Crippen molar-refractivity contribution in [3.8, 4) is 5.75 Å². The van der Waals surface area contributed by atoms with Crippen LogP contribution in [0.3, 0.4) is 0 Å². The van der Waals surface area contributed by atoms with E-state index in [1.807, 2.05) is 24.5 Å². The second-order valence-electron chi connectivity index (χ2n) is 4.92. The monoisotopic (exact) mass is 254 g/mol. The van der Waals surface area contributed by atoms with E-state index in [2.05, 4.69) is 35.4 Å². The Morgan fingerprint density at radius 1 is 1.26 bits per heavy atom. The van der Waals surface area contributed by atoms with Gasteiger partial charge in [0, 0.05) is 31.4 Å². The van der Waals surface area contributed by atoms with Gasteiger partial charge in [-0.1, -0.05) is 12.1 Å². The lowest BCUT2D eigenvalue weighted by Crippen LogP contribution is -2.18. The van der Waals surface area contributed by atoms with E-state index in [9.17, 15) is 0 Å². The molecule has 2 heterocycles. The quantitative estimate of drug-likeness (QED) is 0.911. The van der Waals surface area contributed by atoms with Crippen LogP contribution in [0, 0.1) is 0 Å². The van der Waals surface area contributed by atoms with Crippen LogP contribution in [-0.4, -0.2) is 11.6 Å². The molecule has 3 nitrogen and oxygen atoms in total. The summed E-state index contributed by atoms with van der Waals surface area (Å²) in [5.41, 5.74) is 3.90. The molecule has 3 rings (SSSR count). The first-order chi connectivity index (χ1) is 9.33. The molecule has 19 heavy (non-hydrogen) atoms. The van der Waals surface area contributed by atoms with Gasteiger partial charge in [-0.15, -0.1) is 0 Å². The lowest BCUT2D eigenvalue weighted by Gasteiger charge is -2.15. The molecule has 98 valence electrons. The minimum atomic E-state index is 0.332. The van der Waals surface area contributed by atoms with Crippen LogP contribution < -0.4 is 10.1 Å². The number of hydrogen-bond donors (Lipinski definition) is 1. The topological polar surface area (TPSA) is 34.2 Å². The van der Waals surface area contributed by atoms with Crippen LogP contribution in [0.5, 0.6) is 5.75 Å². The number of ether oxygens (including phenoxy) is 1. The largest absolute Gasteiger partial charge is 0.493 e. The van der Waals surface area contributed by atoms with E-state index in [4.69, 9.17) is 4.74 Å². The molecule has 0 fully saturated rings. The lowest BCUT2D eigenvalue weighted by atomic mass is 10.0. The van der Waals surface area contributed by atoms with Crippen LogP contribution in [0.4, 0.5) is 0 Å². The minimum Gasteiger partial charge on any atom is -0.493 e. The first kappa shape index (κ1) is 12.2. The molecule has 0 saturated carbocycles. The van der Waals surface area contributed by atoms with Gasteiger partial charge in [0.2, 0.25) is 0 Å². The van der Waals surface area contributed by atoms with Crippen molar-refractivity contribution in [3.63, 3.8) is 0 Å². The molecule has 1 atom stereocenters. The van der Waals surface area contributed by atoms with Crippen molar-refractivity contribution in [2.45, 2.75) is 25.9 Å². The minimum absolute atomic E-state index is 0.332. The van der Waals surface area contributed by atoms with E-state index < -0.39 is 0 Å². The van der Waals surface area contributed by atoms with Crippen molar-refractivity contribution in [3.05, 3.63) is 59.4 Å². The van der Waals surface area contributed by atoms with Crippen LogP contribution in [0.2, 0.25) is 0 Å². The highest BCUT2D eigenvalue weighted by Gasteiger charge is 2.14. The zero-order valence-electron chi connectivity index (χ0n) is 11.1. The molecule has 0 spiro atoms. The van der Waals surface area contributed by atoms with Crippen molar-refractivity contribution < 1.29 is 4.74 Å². The highest BCUT2D eigenvalue weighted by molar-refractivity contribution is 5.40. The smallest absolute Gasteiger partial charge is 0.122 e. The van der Waals surface area contributed by atoms with E-state index >= 15 is 0 Å². The Morgan fingerprint density at radius 3 is 2.95 bits per heavy atom. The highest BCUT2D eigenvalue weighted by Crippen LogP contribution is 2.28. The summed E-state index contributed by atoms with van der Waals surface area (Å²) in [6, 6.07) is 10.9. The Morgan fingerprint density at radius 2 is 2.11 bits per heavy atom. The lowest BCUT2D eigenvalue weighted by molar-refractivity contribution is 0.356. The molecule has 0 amide bonds. The first-order valence-electron chi connectivity index (χ1n) is 6.71. The van der Waals surface area contributed by atoms with E-state index in [0.717, 1.165) is 25.3 Å².